The van der Waals surface area contributed by atoms with Crippen LogP contribution >= 0.6 is 0 Å². The number of aliphatic carboxylic acids is 1. The first-order chi connectivity index (χ1) is 9.88. The number of urea groups is 1. The second-order valence-electron chi connectivity index (χ2n) is 5.01. The van der Waals surface area contributed by atoms with Crippen LogP contribution < -0.4 is 0 Å². The maximum atomic E-state index is 12.7. The van der Waals surface area contributed by atoms with Crippen molar-refractivity contribution in [2.75, 3.05) is 40.5 Å². The Balaban J connectivity index is 4.98. The molecule has 7 heteroatoms. The quantitative estimate of drug-likeness (QED) is 0.657. The van der Waals surface area contributed by atoms with Gasteiger partial charge < -0.3 is 24.4 Å². The lowest BCUT2D eigenvalue weighted by atomic mass is 10.2. The van der Waals surface area contributed by atoms with Crippen LogP contribution in [0.5, 0.6) is 0 Å². The molecule has 2 unspecified atom stereocenters. The summed E-state index contributed by atoms with van der Waals surface area (Å²) in [5.74, 6) is -0.915. The van der Waals surface area contributed by atoms with Crippen molar-refractivity contribution >= 4 is 12.0 Å². The van der Waals surface area contributed by atoms with Gasteiger partial charge in [-0.2, -0.15) is 0 Å². The predicted octanol–water partition coefficient (Wildman–Crippen LogP) is 1.27. The van der Waals surface area contributed by atoms with Crippen LogP contribution in [0.4, 0.5) is 4.79 Å². The van der Waals surface area contributed by atoms with Crippen LogP contribution in [0.1, 0.15) is 27.2 Å². The van der Waals surface area contributed by atoms with E-state index in [-0.39, 0.29) is 24.5 Å². The maximum Gasteiger partial charge on any atom is 0.320 e. The standard InChI is InChI=1S/C14H28N2O5/c1-6-15(11(2)9-13(17)18)14(19)16(7-8-20-4)12(3)10-21-5/h11-12H,6-10H2,1-5H3,(H,17,18). The number of ether oxygens (including phenoxy) is 2. The second-order valence-corrected chi connectivity index (χ2v) is 5.01. The molecule has 0 heterocycles. The summed E-state index contributed by atoms with van der Waals surface area (Å²) >= 11 is 0. The molecule has 0 saturated heterocycles. The van der Waals surface area contributed by atoms with E-state index in [1.165, 1.54) is 0 Å². The van der Waals surface area contributed by atoms with Crippen LogP contribution in [0.3, 0.4) is 0 Å². The molecule has 2 atom stereocenters. The number of hydrogen-bond donors (Lipinski definition) is 1. The molecule has 0 bridgehead atoms. The molecule has 2 amide bonds. The lowest BCUT2D eigenvalue weighted by Gasteiger charge is -2.36. The van der Waals surface area contributed by atoms with Crippen LogP contribution in [0, 0.1) is 0 Å². The first kappa shape index (κ1) is 19.7. The zero-order valence-corrected chi connectivity index (χ0v) is 13.7. The number of carbonyl (C=O) groups excluding carboxylic acids is 1. The molecule has 0 spiro atoms. The number of carboxylic acid groups (broad SMARTS) is 1. The van der Waals surface area contributed by atoms with Crippen molar-refractivity contribution in [3.63, 3.8) is 0 Å². The summed E-state index contributed by atoms with van der Waals surface area (Å²) in [5.41, 5.74) is 0. The third-order valence-corrected chi connectivity index (χ3v) is 3.31. The Morgan fingerprint density at radius 1 is 1.10 bits per heavy atom. The van der Waals surface area contributed by atoms with E-state index in [0.717, 1.165) is 0 Å². The van der Waals surface area contributed by atoms with Gasteiger partial charge in [0.1, 0.15) is 0 Å². The van der Waals surface area contributed by atoms with Crippen molar-refractivity contribution in [2.45, 2.75) is 39.3 Å². The summed E-state index contributed by atoms with van der Waals surface area (Å²) in [7, 11) is 3.16. The highest BCUT2D eigenvalue weighted by atomic mass is 16.5. The van der Waals surface area contributed by atoms with Crippen LogP contribution in [0.2, 0.25) is 0 Å². The van der Waals surface area contributed by atoms with Gasteiger partial charge in [-0.15, -0.1) is 0 Å². The normalized spacial score (nSPS) is 13.6. The minimum Gasteiger partial charge on any atom is -0.481 e. The number of carbonyl (C=O) groups is 2. The average Bonchev–Trinajstić information content (AvgIpc) is 2.39. The number of carboxylic acids is 1. The van der Waals surface area contributed by atoms with E-state index in [1.54, 1.807) is 30.9 Å². The second kappa shape index (κ2) is 10.4. The Labute approximate surface area is 126 Å². The van der Waals surface area contributed by atoms with Crippen molar-refractivity contribution < 1.29 is 24.2 Å². The highest BCUT2D eigenvalue weighted by molar-refractivity contribution is 5.76. The molecule has 0 aliphatic carbocycles. The molecule has 0 saturated carbocycles. The van der Waals surface area contributed by atoms with E-state index in [0.29, 0.717) is 26.3 Å². The van der Waals surface area contributed by atoms with Crippen molar-refractivity contribution in [2.24, 2.45) is 0 Å². The summed E-state index contributed by atoms with van der Waals surface area (Å²) in [6.07, 6.45) is -0.0731. The molecular formula is C14H28N2O5. The summed E-state index contributed by atoms with van der Waals surface area (Å²) in [6, 6.07) is -0.656. The van der Waals surface area contributed by atoms with Gasteiger partial charge in [0.25, 0.3) is 0 Å². The Hall–Kier alpha value is -1.34. The fourth-order valence-electron chi connectivity index (χ4n) is 2.19. The molecule has 0 aliphatic rings. The van der Waals surface area contributed by atoms with Crippen molar-refractivity contribution in [3.8, 4) is 0 Å². The molecule has 0 aromatic heterocycles. The molecule has 0 aliphatic heterocycles. The molecule has 0 aromatic rings. The minimum atomic E-state index is -0.915. The van der Waals surface area contributed by atoms with E-state index in [4.69, 9.17) is 14.6 Å². The van der Waals surface area contributed by atoms with Gasteiger partial charge in [0.05, 0.1) is 25.7 Å². The fourth-order valence-corrected chi connectivity index (χ4v) is 2.19. The zero-order chi connectivity index (χ0) is 16.4. The molecule has 0 fully saturated rings. The zero-order valence-electron chi connectivity index (χ0n) is 13.7. The van der Waals surface area contributed by atoms with Gasteiger partial charge in [-0.3, -0.25) is 4.79 Å². The topological polar surface area (TPSA) is 79.3 Å². The Morgan fingerprint density at radius 3 is 2.14 bits per heavy atom. The first-order valence-electron chi connectivity index (χ1n) is 7.15. The molecular weight excluding hydrogens is 276 g/mol. The predicted molar refractivity (Wildman–Crippen MR) is 79.4 cm³/mol. The van der Waals surface area contributed by atoms with E-state index < -0.39 is 5.97 Å². The van der Waals surface area contributed by atoms with Gasteiger partial charge in [0.15, 0.2) is 0 Å². The highest BCUT2D eigenvalue weighted by Gasteiger charge is 2.28. The largest absolute Gasteiger partial charge is 0.481 e. The third-order valence-electron chi connectivity index (χ3n) is 3.31. The molecule has 0 radical (unpaired) electrons. The maximum absolute atomic E-state index is 12.7. The van der Waals surface area contributed by atoms with Crippen LogP contribution in [0.25, 0.3) is 0 Å². The van der Waals surface area contributed by atoms with Gasteiger partial charge in [-0.1, -0.05) is 0 Å². The number of amides is 2. The molecule has 1 N–H and O–H groups in total. The molecule has 0 aromatic carbocycles. The van der Waals surface area contributed by atoms with Gasteiger partial charge in [0, 0.05) is 33.4 Å². The van der Waals surface area contributed by atoms with E-state index in [1.807, 2.05) is 13.8 Å². The lowest BCUT2D eigenvalue weighted by Crippen LogP contribution is -2.52. The Morgan fingerprint density at radius 2 is 1.71 bits per heavy atom. The van der Waals surface area contributed by atoms with E-state index in [2.05, 4.69) is 0 Å². The van der Waals surface area contributed by atoms with E-state index >= 15 is 0 Å². The van der Waals surface area contributed by atoms with Crippen LogP contribution in [-0.4, -0.2) is 79.5 Å². The van der Waals surface area contributed by atoms with Gasteiger partial charge in [-0.05, 0) is 20.8 Å². The molecule has 0 rings (SSSR count). The highest BCUT2D eigenvalue weighted by Crippen LogP contribution is 2.11. The first-order valence-corrected chi connectivity index (χ1v) is 7.15. The SMILES string of the molecule is CCN(C(=O)N(CCOC)C(C)COC)C(C)CC(=O)O. The summed E-state index contributed by atoms with van der Waals surface area (Å²) in [6.45, 7) is 7.21. The van der Waals surface area contributed by atoms with Gasteiger partial charge in [-0.25, -0.2) is 4.79 Å². The van der Waals surface area contributed by atoms with Crippen molar-refractivity contribution in [1.82, 2.24) is 9.80 Å². The Bertz CT molecular complexity index is 324. The van der Waals surface area contributed by atoms with Gasteiger partial charge >= 0.3 is 12.0 Å². The van der Waals surface area contributed by atoms with Crippen LogP contribution in [-0.2, 0) is 14.3 Å². The van der Waals surface area contributed by atoms with Crippen molar-refractivity contribution in [1.29, 1.82) is 0 Å². The summed E-state index contributed by atoms with van der Waals surface area (Å²) in [4.78, 5) is 26.7. The minimum absolute atomic E-state index is 0.0731. The fraction of sp³-hybridized carbons (Fsp3) is 0.857. The van der Waals surface area contributed by atoms with Gasteiger partial charge in [0.2, 0.25) is 0 Å². The monoisotopic (exact) mass is 304 g/mol. The smallest absolute Gasteiger partial charge is 0.320 e. The average molecular weight is 304 g/mol. The molecule has 7 nitrogen and oxygen atoms in total. The lowest BCUT2D eigenvalue weighted by molar-refractivity contribution is -0.138. The summed E-state index contributed by atoms with van der Waals surface area (Å²) < 4.78 is 10.1. The van der Waals surface area contributed by atoms with Crippen molar-refractivity contribution in [3.05, 3.63) is 0 Å². The third kappa shape index (κ3) is 6.77. The number of nitrogens with zero attached hydrogens (tertiary/aromatic N) is 2. The summed E-state index contributed by atoms with van der Waals surface area (Å²) in [5, 5.41) is 8.89. The van der Waals surface area contributed by atoms with E-state index in [9.17, 15) is 9.59 Å². The molecule has 124 valence electrons. The number of hydrogen-bond acceptors (Lipinski definition) is 4. The number of methoxy groups -OCH3 is 2. The molecule has 21 heavy (non-hydrogen) atoms. The van der Waals surface area contributed by atoms with Crippen LogP contribution in [0.15, 0.2) is 0 Å². The number of rotatable bonds is 10. The Kier molecular flexibility index (Phi) is 9.73.